The molecule has 0 bridgehead atoms. The van der Waals surface area contributed by atoms with Gasteiger partial charge in [-0.1, -0.05) is 23.9 Å². The number of ether oxygens (including phenoxy) is 1. The van der Waals surface area contributed by atoms with E-state index in [4.69, 9.17) is 4.74 Å². The molecule has 1 amide bonds. The SMILES string of the molecule is CCOC(=O)Nc1cccnc1NCCSc1nc2ccccc2[nH]1. The number of anilines is 2. The number of amides is 1. The van der Waals surface area contributed by atoms with Crippen molar-refractivity contribution in [3.63, 3.8) is 0 Å². The molecule has 3 rings (SSSR count). The number of thioether (sulfide) groups is 1. The fraction of sp³-hybridized carbons (Fsp3) is 0.235. The van der Waals surface area contributed by atoms with Crippen LogP contribution in [-0.4, -0.2) is 39.9 Å². The number of aromatic nitrogens is 3. The number of H-pyrrole nitrogens is 1. The number of rotatable bonds is 7. The zero-order chi connectivity index (χ0) is 17.5. The van der Waals surface area contributed by atoms with Crippen LogP contribution in [0.4, 0.5) is 16.3 Å². The summed E-state index contributed by atoms with van der Waals surface area (Å²) < 4.78 is 4.89. The van der Waals surface area contributed by atoms with E-state index in [-0.39, 0.29) is 0 Å². The van der Waals surface area contributed by atoms with E-state index >= 15 is 0 Å². The standard InChI is InChI=1S/C17H19N5O2S/c1-2-24-17(23)22-14-8-5-9-18-15(14)19-10-11-25-16-20-12-6-3-4-7-13(12)21-16/h3-9H,2,10-11H2,1H3,(H,18,19)(H,20,21)(H,22,23). The van der Waals surface area contributed by atoms with Crippen LogP contribution in [0.15, 0.2) is 47.8 Å². The molecule has 0 atom stereocenters. The quantitative estimate of drug-likeness (QED) is 0.441. The van der Waals surface area contributed by atoms with Gasteiger partial charge in [0.2, 0.25) is 0 Å². The van der Waals surface area contributed by atoms with Gasteiger partial charge in [-0.2, -0.15) is 0 Å². The number of carbonyl (C=O) groups excluding carboxylic acids is 1. The number of benzene rings is 1. The minimum atomic E-state index is -0.491. The Morgan fingerprint density at radius 1 is 1.28 bits per heavy atom. The number of hydrogen-bond acceptors (Lipinski definition) is 6. The molecule has 25 heavy (non-hydrogen) atoms. The Bertz CT molecular complexity index is 819. The van der Waals surface area contributed by atoms with Crippen molar-refractivity contribution in [2.45, 2.75) is 12.1 Å². The Hall–Kier alpha value is -2.74. The van der Waals surface area contributed by atoms with Crippen molar-refractivity contribution in [1.82, 2.24) is 15.0 Å². The first-order chi connectivity index (χ1) is 12.3. The van der Waals surface area contributed by atoms with Crippen LogP contribution < -0.4 is 10.6 Å². The van der Waals surface area contributed by atoms with Crippen molar-refractivity contribution in [2.75, 3.05) is 29.5 Å². The molecule has 0 spiro atoms. The van der Waals surface area contributed by atoms with Gasteiger partial charge in [0.15, 0.2) is 5.16 Å². The van der Waals surface area contributed by atoms with Crippen LogP contribution in [0.3, 0.4) is 0 Å². The summed E-state index contributed by atoms with van der Waals surface area (Å²) in [5.74, 6) is 1.41. The van der Waals surface area contributed by atoms with Crippen LogP contribution in [0.2, 0.25) is 0 Å². The van der Waals surface area contributed by atoms with E-state index in [1.54, 1.807) is 37.0 Å². The van der Waals surface area contributed by atoms with E-state index in [0.717, 1.165) is 21.9 Å². The average molecular weight is 357 g/mol. The number of imidazole rings is 1. The zero-order valence-electron chi connectivity index (χ0n) is 13.8. The van der Waals surface area contributed by atoms with Gasteiger partial charge < -0.3 is 15.0 Å². The molecule has 0 aliphatic rings. The average Bonchev–Trinajstić information content (AvgIpc) is 3.03. The van der Waals surface area contributed by atoms with Gasteiger partial charge in [-0.15, -0.1) is 0 Å². The number of nitrogens with zero attached hydrogens (tertiary/aromatic N) is 2. The summed E-state index contributed by atoms with van der Waals surface area (Å²) in [5, 5.41) is 6.78. The van der Waals surface area contributed by atoms with Crippen molar-refractivity contribution in [3.8, 4) is 0 Å². The molecule has 0 aliphatic heterocycles. The molecule has 1 aromatic carbocycles. The largest absolute Gasteiger partial charge is 0.450 e. The van der Waals surface area contributed by atoms with Crippen molar-refractivity contribution in [3.05, 3.63) is 42.6 Å². The van der Waals surface area contributed by atoms with E-state index in [9.17, 15) is 4.79 Å². The van der Waals surface area contributed by atoms with Crippen LogP contribution in [0.25, 0.3) is 11.0 Å². The van der Waals surface area contributed by atoms with Crippen molar-refractivity contribution < 1.29 is 9.53 Å². The minimum absolute atomic E-state index is 0.322. The van der Waals surface area contributed by atoms with Crippen LogP contribution >= 0.6 is 11.8 Å². The summed E-state index contributed by atoms with van der Waals surface area (Å²) in [6, 6.07) is 11.5. The maximum absolute atomic E-state index is 11.6. The third-order valence-corrected chi connectivity index (χ3v) is 4.20. The normalized spacial score (nSPS) is 10.6. The Labute approximate surface area is 149 Å². The molecule has 3 aromatic rings. The van der Waals surface area contributed by atoms with Gasteiger partial charge in [-0.25, -0.2) is 14.8 Å². The number of nitrogens with one attached hydrogen (secondary N) is 3. The van der Waals surface area contributed by atoms with E-state index in [0.29, 0.717) is 24.7 Å². The Balaban J connectivity index is 1.52. The summed E-state index contributed by atoms with van der Waals surface area (Å²) in [6.07, 6.45) is 1.18. The highest BCUT2D eigenvalue weighted by Crippen LogP contribution is 2.21. The predicted octanol–water partition coefficient (Wildman–Crippen LogP) is 3.73. The summed E-state index contributed by atoms with van der Waals surface area (Å²) in [7, 11) is 0. The number of aromatic amines is 1. The molecule has 0 fully saturated rings. The minimum Gasteiger partial charge on any atom is -0.450 e. The fourth-order valence-electron chi connectivity index (χ4n) is 2.24. The second-order valence-corrected chi connectivity index (χ2v) is 6.16. The fourth-order valence-corrected chi connectivity index (χ4v) is 2.98. The van der Waals surface area contributed by atoms with Crippen molar-refractivity contribution in [1.29, 1.82) is 0 Å². The highest BCUT2D eigenvalue weighted by Gasteiger charge is 2.08. The lowest BCUT2D eigenvalue weighted by atomic mass is 10.3. The van der Waals surface area contributed by atoms with Gasteiger partial charge in [0, 0.05) is 18.5 Å². The number of pyridine rings is 1. The second-order valence-electron chi connectivity index (χ2n) is 5.08. The Morgan fingerprint density at radius 3 is 3.00 bits per heavy atom. The van der Waals surface area contributed by atoms with Gasteiger partial charge in [-0.3, -0.25) is 5.32 Å². The van der Waals surface area contributed by atoms with E-state index in [2.05, 4.69) is 25.6 Å². The highest BCUT2D eigenvalue weighted by atomic mass is 32.2. The molecule has 130 valence electrons. The van der Waals surface area contributed by atoms with E-state index < -0.39 is 6.09 Å². The van der Waals surface area contributed by atoms with Gasteiger partial charge in [0.05, 0.1) is 23.3 Å². The molecular formula is C17H19N5O2S. The summed E-state index contributed by atoms with van der Waals surface area (Å²) in [4.78, 5) is 23.6. The summed E-state index contributed by atoms with van der Waals surface area (Å²) in [5.41, 5.74) is 2.59. The predicted molar refractivity (Wildman–Crippen MR) is 100 cm³/mol. The molecular weight excluding hydrogens is 338 g/mol. The Morgan fingerprint density at radius 2 is 2.16 bits per heavy atom. The summed E-state index contributed by atoms with van der Waals surface area (Å²) >= 11 is 1.62. The molecule has 0 saturated carbocycles. The number of para-hydroxylation sites is 2. The van der Waals surface area contributed by atoms with Gasteiger partial charge >= 0.3 is 6.09 Å². The lowest BCUT2D eigenvalue weighted by molar-refractivity contribution is 0.168. The second kappa shape index (κ2) is 8.39. The number of hydrogen-bond donors (Lipinski definition) is 3. The monoisotopic (exact) mass is 357 g/mol. The lowest BCUT2D eigenvalue weighted by Crippen LogP contribution is -2.16. The zero-order valence-corrected chi connectivity index (χ0v) is 14.6. The lowest BCUT2D eigenvalue weighted by Gasteiger charge is -2.11. The molecule has 7 nitrogen and oxygen atoms in total. The van der Waals surface area contributed by atoms with Crippen molar-refractivity contribution in [2.24, 2.45) is 0 Å². The van der Waals surface area contributed by atoms with Crippen molar-refractivity contribution >= 4 is 40.4 Å². The molecule has 8 heteroatoms. The maximum atomic E-state index is 11.6. The first kappa shape index (κ1) is 17.1. The number of carbonyl (C=O) groups is 1. The highest BCUT2D eigenvalue weighted by molar-refractivity contribution is 7.99. The van der Waals surface area contributed by atoms with Crippen LogP contribution in [0.5, 0.6) is 0 Å². The van der Waals surface area contributed by atoms with Crippen LogP contribution in [0.1, 0.15) is 6.92 Å². The first-order valence-corrected chi connectivity index (χ1v) is 8.95. The Kier molecular flexibility index (Phi) is 5.73. The van der Waals surface area contributed by atoms with Gasteiger partial charge in [0.1, 0.15) is 5.82 Å². The van der Waals surface area contributed by atoms with Gasteiger partial charge in [0.25, 0.3) is 0 Å². The first-order valence-electron chi connectivity index (χ1n) is 7.96. The molecule has 0 unspecified atom stereocenters. The number of fused-ring (bicyclic) bond motifs is 1. The molecule has 2 heterocycles. The smallest absolute Gasteiger partial charge is 0.411 e. The van der Waals surface area contributed by atoms with Crippen LogP contribution in [0, 0.1) is 0 Å². The molecule has 2 aromatic heterocycles. The summed E-state index contributed by atoms with van der Waals surface area (Å²) in [6.45, 7) is 2.76. The third kappa shape index (κ3) is 4.63. The molecule has 3 N–H and O–H groups in total. The van der Waals surface area contributed by atoms with Crippen LogP contribution in [-0.2, 0) is 4.74 Å². The third-order valence-electron chi connectivity index (χ3n) is 3.32. The topological polar surface area (TPSA) is 91.9 Å². The molecule has 0 saturated heterocycles. The van der Waals surface area contributed by atoms with Gasteiger partial charge in [-0.05, 0) is 31.2 Å². The van der Waals surface area contributed by atoms with E-state index in [1.165, 1.54) is 0 Å². The van der Waals surface area contributed by atoms with E-state index in [1.807, 2.05) is 24.3 Å². The molecule has 0 radical (unpaired) electrons. The maximum Gasteiger partial charge on any atom is 0.411 e. The molecule has 0 aliphatic carbocycles.